The largest absolute Gasteiger partial charge is 0.374 e. The summed E-state index contributed by atoms with van der Waals surface area (Å²) in [6.07, 6.45) is 5.79. The highest BCUT2D eigenvalue weighted by molar-refractivity contribution is 5.83. The second-order valence-corrected chi connectivity index (χ2v) is 6.81. The van der Waals surface area contributed by atoms with Crippen molar-refractivity contribution < 1.29 is 0 Å². The Labute approximate surface area is 166 Å². The summed E-state index contributed by atoms with van der Waals surface area (Å²) in [5.74, 6) is 0. The van der Waals surface area contributed by atoms with Crippen molar-refractivity contribution in [3.8, 4) is 0 Å². The van der Waals surface area contributed by atoms with Gasteiger partial charge in [-0.3, -0.25) is 0 Å². The van der Waals surface area contributed by atoms with E-state index < -0.39 is 0 Å². The van der Waals surface area contributed by atoms with Gasteiger partial charge in [-0.25, -0.2) is 0 Å². The van der Waals surface area contributed by atoms with E-state index in [2.05, 4.69) is 115 Å². The molecule has 4 rings (SSSR count). The zero-order chi connectivity index (χ0) is 19.2. The van der Waals surface area contributed by atoms with Crippen LogP contribution in [0.3, 0.4) is 0 Å². The molecule has 28 heavy (non-hydrogen) atoms. The van der Waals surface area contributed by atoms with E-state index in [1.54, 1.807) is 6.08 Å². The standard InChI is InChI=1S/C27H23N/c1-2-3-9-21-14-18-26(19-15-21)28-27(23-11-5-4-6-12-23)25-17-16-22-10-7-8-13-24(22)20-25/h2-20,27-28H,1H2/b9-3-. The summed E-state index contributed by atoms with van der Waals surface area (Å²) in [6, 6.07) is 34.3. The Morgan fingerprint density at radius 2 is 1.39 bits per heavy atom. The van der Waals surface area contributed by atoms with Gasteiger partial charge < -0.3 is 5.32 Å². The van der Waals surface area contributed by atoms with Gasteiger partial charge in [0.1, 0.15) is 0 Å². The van der Waals surface area contributed by atoms with Crippen LogP contribution in [0.2, 0.25) is 0 Å². The Balaban J connectivity index is 1.69. The van der Waals surface area contributed by atoms with Crippen LogP contribution in [0.15, 0.2) is 116 Å². The van der Waals surface area contributed by atoms with Crippen molar-refractivity contribution in [3.63, 3.8) is 0 Å². The fourth-order valence-corrected chi connectivity index (χ4v) is 3.43. The Kier molecular flexibility index (Phi) is 5.35. The fourth-order valence-electron chi connectivity index (χ4n) is 3.43. The molecule has 4 aromatic rings. The van der Waals surface area contributed by atoms with Crippen molar-refractivity contribution in [2.75, 3.05) is 5.32 Å². The van der Waals surface area contributed by atoms with Crippen molar-refractivity contribution in [1.82, 2.24) is 0 Å². The third kappa shape index (κ3) is 4.05. The molecule has 1 atom stereocenters. The molecule has 0 heterocycles. The lowest BCUT2D eigenvalue weighted by Crippen LogP contribution is -2.12. The summed E-state index contributed by atoms with van der Waals surface area (Å²) < 4.78 is 0. The summed E-state index contributed by atoms with van der Waals surface area (Å²) in [7, 11) is 0. The van der Waals surface area contributed by atoms with E-state index in [-0.39, 0.29) is 6.04 Å². The highest BCUT2D eigenvalue weighted by Crippen LogP contribution is 2.29. The van der Waals surface area contributed by atoms with Gasteiger partial charge >= 0.3 is 0 Å². The van der Waals surface area contributed by atoms with E-state index in [0.717, 1.165) is 11.3 Å². The van der Waals surface area contributed by atoms with Crippen LogP contribution in [0.5, 0.6) is 0 Å². The van der Waals surface area contributed by atoms with Crippen LogP contribution in [0.1, 0.15) is 22.7 Å². The third-order valence-corrected chi connectivity index (χ3v) is 4.89. The Morgan fingerprint density at radius 3 is 2.14 bits per heavy atom. The van der Waals surface area contributed by atoms with Crippen molar-refractivity contribution in [3.05, 3.63) is 132 Å². The Hall–Kier alpha value is -3.58. The molecule has 136 valence electrons. The topological polar surface area (TPSA) is 12.0 Å². The molecule has 0 radical (unpaired) electrons. The number of benzene rings is 4. The van der Waals surface area contributed by atoms with Crippen molar-refractivity contribution in [2.24, 2.45) is 0 Å². The van der Waals surface area contributed by atoms with Crippen LogP contribution in [0.4, 0.5) is 5.69 Å². The molecule has 1 unspecified atom stereocenters. The van der Waals surface area contributed by atoms with Gasteiger partial charge in [0.2, 0.25) is 0 Å². The molecule has 0 saturated heterocycles. The monoisotopic (exact) mass is 361 g/mol. The molecule has 0 amide bonds. The summed E-state index contributed by atoms with van der Waals surface area (Å²) in [5.41, 5.74) is 4.75. The molecule has 1 nitrogen and oxygen atoms in total. The minimum atomic E-state index is 0.0837. The second-order valence-electron chi connectivity index (χ2n) is 6.81. The van der Waals surface area contributed by atoms with Crippen LogP contribution in [0, 0.1) is 0 Å². The quantitative estimate of drug-likeness (QED) is 0.357. The average Bonchev–Trinajstić information content (AvgIpc) is 2.77. The van der Waals surface area contributed by atoms with Gasteiger partial charge in [-0.15, -0.1) is 0 Å². The molecule has 0 aliphatic heterocycles. The van der Waals surface area contributed by atoms with E-state index in [1.807, 2.05) is 6.08 Å². The second kappa shape index (κ2) is 8.41. The molecule has 0 bridgehead atoms. The third-order valence-electron chi connectivity index (χ3n) is 4.89. The first kappa shape index (κ1) is 17.8. The van der Waals surface area contributed by atoms with Gasteiger partial charge in [0.05, 0.1) is 6.04 Å². The van der Waals surface area contributed by atoms with E-state index in [9.17, 15) is 0 Å². The molecule has 1 heteroatoms. The maximum atomic E-state index is 3.72. The zero-order valence-electron chi connectivity index (χ0n) is 15.8. The van der Waals surface area contributed by atoms with Crippen molar-refractivity contribution >= 4 is 22.5 Å². The Bertz CT molecular complexity index is 1090. The smallest absolute Gasteiger partial charge is 0.0767 e. The molecule has 0 fully saturated rings. The molecule has 0 spiro atoms. The van der Waals surface area contributed by atoms with Crippen molar-refractivity contribution in [1.29, 1.82) is 0 Å². The number of hydrogen-bond donors (Lipinski definition) is 1. The average molecular weight is 361 g/mol. The molecule has 0 saturated carbocycles. The molecule has 0 aliphatic carbocycles. The molecule has 1 N–H and O–H groups in total. The predicted molar refractivity (Wildman–Crippen MR) is 122 cm³/mol. The van der Waals surface area contributed by atoms with Gasteiger partial charge in [-0.1, -0.05) is 104 Å². The number of rotatable bonds is 6. The number of hydrogen-bond acceptors (Lipinski definition) is 1. The summed E-state index contributed by atoms with van der Waals surface area (Å²) in [6.45, 7) is 3.72. The summed E-state index contributed by atoms with van der Waals surface area (Å²) in [5, 5.41) is 6.23. The van der Waals surface area contributed by atoms with Gasteiger partial charge in [0.15, 0.2) is 0 Å². The molecule has 0 aliphatic rings. The summed E-state index contributed by atoms with van der Waals surface area (Å²) in [4.78, 5) is 0. The number of allylic oxidation sites excluding steroid dienone is 2. The minimum Gasteiger partial charge on any atom is -0.374 e. The van der Waals surface area contributed by atoms with E-state index in [1.165, 1.54) is 21.9 Å². The lowest BCUT2D eigenvalue weighted by atomic mass is 9.96. The number of anilines is 1. The van der Waals surface area contributed by atoms with Gasteiger partial charge in [-0.05, 0) is 45.7 Å². The maximum absolute atomic E-state index is 3.72. The van der Waals surface area contributed by atoms with Gasteiger partial charge in [-0.2, -0.15) is 0 Å². The van der Waals surface area contributed by atoms with Gasteiger partial charge in [0, 0.05) is 5.69 Å². The number of fused-ring (bicyclic) bond motifs is 1. The minimum absolute atomic E-state index is 0.0837. The van der Waals surface area contributed by atoms with E-state index in [4.69, 9.17) is 0 Å². The fraction of sp³-hybridized carbons (Fsp3) is 0.0370. The van der Waals surface area contributed by atoms with E-state index in [0.29, 0.717) is 0 Å². The first-order valence-electron chi connectivity index (χ1n) is 9.53. The Morgan fingerprint density at radius 1 is 0.679 bits per heavy atom. The molecule has 0 aromatic heterocycles. The van der Waals surface area contributed by atoms with Crippen LogP contribution in [0.25, 0.3) is 16.8 Å². The van der Waals surface area contributed by atoms with Crippen LogP contribution in [-0.2, 0) is 0 Å². The highest BCUT2D eigenvalue weighted by atomic mass is 14.9. The molecular weight excluding hydrogens is 338 g/mol. The summed E-state index contributed by atoms with van der Waals surface area (Å²) >= 11 is 0. The van der Waals surface area contributed by atoms with Crippen LogP contribution < -0.4 is 5.32 Å². The van der Waals surface area contributed by atoms with Crippen molar-refractivity contribution in [2.45, 2.75) is 6.04 Å². The maximum Gasteiger partial charge on any atom is 0.0767 e. The van der Waals surface area contributed by atoms with E-state index >= 15 is 0 Å². The lowest BCUT2D eigenvalue weighted by molar-refractivity contribution is 0.942. The zero-order valence-corrected chi connectivity index (χ0v) is 15.8. The first-order valence-corrected chi connectivity index (χ1v) is 9.53. The predicted octanol–water partition coefficient (Wildman–Crippen LogP) is 7.24. The normalized spacial score (nSPS) is 12.1. The molecule has 4 aromatic carbocycles. The van der Waals surface area contributed by atoms with Crippen LogP contribution in [-0.4, -0.2) is 0 Å². The molecular formula is C27H23N. The number of nitrogens with one attached hydrogen (secondary N) is 1. The highest BCUT2D eigenvalue weighted by Gasteiger charge is 2.14. The first-order chi connectivity index (χ1) is 13.8. The lowest BCUT2D eigenvalue weighted by Gasteiger charge is -2.22. The SMILES string of the molecule is C=C/C=C\c1ccc(NC(c2ccccc2)c2ccc3ccccc3c2)cc1. The van der Waals surface area contributed by atoms with Crippen LogP contribution >= 0.6 is 0 Å². The van der Waals surface area contributed by atoms with Gasteiger partial charge in [0.25, 0.3) is 0 Å².